The number of nitrogens with zero attached hydrogens (tertiary/aromatic N) is 1. The highest BCUT2D eigenvalue weighted by Crippen LogP contribution is 2.27. The van der Waals surface area contributed by atoms with Crippen LogP contribution in [0.5, 0.6) is 5.75 Å². The van der Waals surface area contributed by atoms with Crippen molar-refractivity contribution in [1.29, 1.82) is 0 Å². The van der Waals surface area contributed by atoms with E-state index in [1.165, 1.54) is 6.42 Å². The molecule has 0 spiro atoms. The minimum Gasteiger partial charge on any atom is -0.497 e. The van der Waals surface area contributed by atoms with Gasteiger partial charge in [-0.05, 0) is 74.7 Å². The zero-order valence-electron chi connectivity index (χ0n) is 16.9. The number of aryl methyl sites for hydroxylation is 2. The van der Waals surface area contributed by atoms with Gasteiger partial charge in [-0.1, -0.05) is 30.7 Å². The Morgan fingerprint density at radius 1 is 1.04 bits per heavy atom. The molecule has 5 nitrogen and oxygen atoms in total. The topological polar surface area (TPSA) is 58.6 Å². The average Bonchev–Trinajstić information content (AvgIpc) is 2.71. The van der Waals surface area contributed by atoms with Crippen molar-refractivity contribution in [3.8, 4) is 5.75 Å². The Morgan fingerprint density at radius 3 is 2.36 bits per heavy atom. The second kappa shape index (κ2) is 9.07. The zero-order valence-corrected chi connectivity index (χ0v) is 17.8. The first-order chi connectivity index (χ1) is 13.4. The molecular formula is C22H30N2O3S. The highest BCUT2D eigenvalue weighted by Gasteiger charge is 2.25. The Kier molecular flexibility index (Phi) is 6.75. The van der Waals surface area contributed by atoms with Crippen LogP contribution in [0.2, 0.25) is 0 Å². The zero-order chi connectivity index (χ0) is 20.1. The first kappa shape index (κ1) is 20.8. The van der Waals surface area contributed by atoms with Gasteiger partial charge in [0.15, 0.2) is 0 Å². The summed E-state index contributed by atoms with van der Waals surface area (Å²) in [5.41, 5.74) is 2.80. The molecule has 0 aromatic heterocycles. The van der Waals surface area contributed by atoms with Crippen molar-refractivity contribution in [2.45, 2.75) is 44.0 Å². The standard InChI is InChI=1S/C22H30N2O3S/c1-17-7-8-18(2)22(15-17)28(25,26)23-16-21(24-13-5-4-6-14-24)19-9-11-20(27-3)12-10-19/h7-12,15,21,23H,4-6,13-14,16H2,1-3H3. The fraction of sp³-hybridized carbons (Fsp3) is 0.455. The lowest BCUT2D eigenvalue weighted by Crippen LogP contribution is -2.40. The smallest absolute Gasteiger partial charge is 0.240 e. The van der Waals surface area contributed by atoms with Crippen LogP contribution in [-0.2, 0) is 10.0 Å². The summed E-state index contributed by atoms with van der Waals surface area (Å²) in [5, 5.41) is 0. The molecule has 1 unspecified atom stereocenters. The van der Waals surface area contributed by atoms with Gasteiger partial charge >= 0.3 is 0 Å². The van der Waals surface area contributed by atoms with E-state index < -0.39 is 10.0 Å². The molecular weight excluding hydrogens is 372 g/mol. The summed E-state index contributed by atoms with van der Waals surface area (Å²) in [6.45, 7) is 6.07. The molecule has 0 saturated carbocycles. The largest absolute Gasteiger partial charge is 0.497 e. The van der Waals surface area contributed by atoms with Crippen LogP contribution < -0.4 is 9.46 Å². The Balaban J connectivity index is 1.83. The van der Waals surface area contributed by atoms with E-state index in [4.69, 9.17) is 4.74 Å². The van der Waals surface area contributed by atoms with Crippen LogP contribution >= 0.6 is 0 Å². The van der Waals surface area contributed by atoms with E-state index in [-0.39, 0.29) is 6.04 Å². The molecule has 0 bridgehead atoms. The number of methoxy groups -OCH3 is 1. The quantitative estimate of drug-likeness (QED) is 0.765. The summed E-state index contributed by atoms with van der Waals surface area (Å²) < 4.78 is 34.1. The maximum Gasteiger partial charge on any atom is 0.240 e. The van der Waals surface area contributed by atoms with E-state index >= 15 is 0 Å². The van der Waals surface area contributed by atoms with Crippen LogP contribution in [0.1, 0.15) is 42.0 Å². The van der Waals surface area contributed by atoms with E-state index in [9.17, 15) is 8.42 Å². The minimum atomic E-state index is -3.57. The van der Waals surface area contributed by atoms with Crippen molar-refractivity contribution >= 4 is 10.0 Å². The van der Waals surface area contributed by atoms with Gasteiger partial charge in [-0.2, -0.15) is 0 Å². The lowest BCUT2D eigenvalue weighted by molar-refractivity contribution is 0.164. The summed E-state index contributed by atoms with van der Waals surface area (Å²) in [7, 11) is -1.92. The third kappa shape index (κ3) is 4.93. The fourth-order valence-corrected chi connectivity index (χ4v) is 5.14. The SMILES string of the molecule is COc1ccc(C(CNS(=O)(=O)c2cc(C)ccc2C)N2CCCCC2)cc1. The van der Waals surface area contributed by atoms with Crippen molar-refractivity contribution in [1.82, 2.24) is 9.62 Å². The summed E-state index contributed by atoms with van der Waals surface area (Å²) in [6.07, 6.45) is 3.53. The highest BCUT2D eigenvalue weighted by molar-refractivity contribution is 7.89. The molecule has 152 valence electrons. The minimum absolute atomic E-state index is 0.00564. The number of hydrogen-bond donors (Lipinski definition) is 1. The molecule has 3 rings (SSSR count). The molecule has 1 fully saturated rings. The van der Waals surface area contributed by atoms with E-state index in [0.29, 0.717) is 11.4 Å². The van der Waals surface area contributed by atoms with E-state index in [1.54, 1.807) is 13.2 Å². The monoisotopic (exact) mass is 402 g/mol. The molecule has 2 aromatic rings. The number of sulfonamides is 1. The maximum atomic E-state index is 13.0. The third-order valence-electron chi connectivity index (χ3n) is 5.43. The molecule has 0 amide bonds. The number of ether oxygens (including phenoxy) is 1. The van der Waals surface area contributed by atoms with Crippen molar-refractivity contribution in [2.75, 3.05) is 26.7 Å². The van der Waals surface area contributed by atoms with Crippen LogP contribution in [-0.4, -0.2) is 40.1 Å². The molecule has 0 aliphatic carbocycles. The first-order valence-electron chi connectivity index (χ1n) is 9.85. The Hall–Kier alpha value is -1.89. The van der Waals surface area contributed by atoms with Crippen molar-refractivity contribution in [3.63, 3.8) is 0 Å². The summed E-state index contributed by atoms with van der Waals surface area (Å²) in [6, 6.07) is 13.5. The average molecular weight is 403 g/mol. The van der Waals surface area contributed by atoms with E-state index in [1.807, 2.05) is 50.2 Å². The number of benzene rings is 2. The molecule has 1 atom stereocenters. The van der Waals surface area contributed by atoms with Crippen LogP contribution in [0.4, 0.5) is 0 Å². The van der Waals surface area contributed by atoms with Crippen LogP contribution in [0.3, 0.4) is 0 Å². The number of nitrogens with one attached hydrogen (secondary N) is 1. The Labute approximate surface area is 168 Å². The van der Waals surface area contributed by atoms with Crippen molar-refractivity contribution < 1.29 is 13.2 Å². The summed E-state index contributed by atoms with van der Waals surface area (Å²) in [5.74, 6) is 0.803. The predicted octanol–water partition coefficient (Wildman–Crippen LogP) is 3.82. The summed E-state index contributed by atoms with van der Waals surface area (Å²) >= 11 is 0. The summed E-state index contributed by atoms with van der Waals surface area (Å²) in [4.78, 5) is 2.75. The van der Waals surface area contributed by atoms with Gasteiger partial charge < -0.3 is 4.74 Å². The van der Waals surface area contributed by atoms with Gasteiger partial charge in [0.05, 0.1) is 12.0 Å². The molecule has 1 heterocycles. The third-order valence-corrected chi connectivity index (χ3v) is 7.00. The molecule has 0 radical (unpaired) electrons. The fourth-order valence-electron chi connectivity index (χ4n) is 3.78. The van der Waals surface area contributed by atoms with Crippen LogP contribution in [0.25, 0.3) is 0 Å². The van der Waals surface area contributed by atoms with Gasteiger partial charge in [0, 0.05) is 12.6 Å². The first-order valence-corrected chi connectivity index (χ1v) is 11.3. The highest BCUT2D eigenvalue weighted by atomic mass is 32.2. The van der Waals surface area contributed by atoms with Crippen LogP contribution in [0.15, 0.2) is 47.4 Å². The number of hydrogen-bond acceptors (Lipinski definition) is 4. The molecule has 28 heavy (non-hydrogen) atoms. The van der Waals surface area contributed by atoms with Crippen molar-refractivity contribution in [2.24, 2.45) is 0 Å². The van der Waals surface area contributed by atoms with Gasteiger partial charge in [0.25, 0.3) is 0 Å². The molecule has 2 aromatic carbocycles. The number of piperidine rings is 1. The van der Waals surface area contributed by atoms with Gasteiger partial charge in [-0.25, -0.2) is 13.1 Å². The van der Waals surface area contributed by atoms with Crippen molar-refractivity contribution in [3.05, 3.63) is 59.2 Å². The lowest BCUT2D eigenvalue weighted by atomic mass is 10.0. The maximum absolute atomic E-state index is 13.0. The van der Waals surface area contributed by atoms with E-state index in [2.05, 4.69) is 9.62 Å². The normalized spacial score (nSPS) is 16.7. The van der Waals surface area contributed by atoms with Gasteiger partial charge in [-0.3, -0.25) is 4.90 Å². The van der Waals surface area contributed by atoms with E-state index in [0.717, 1.165) is 48.4 Å². The number of rotatable bonds is 7. The lowest BCUT2D eigenvalue weighted by Gasteiger charge is -2.35. The second-order valence-electron chi connectivity index (χ2n) is 7.51. The van der Waals surface area contributed by atoms with Crippen LogP contribution in [0, 0.1) is 13.8 Å². The van der Waals surface area contributed by atoms with Gasteiger partial charge in [0.1, 0.15) is 5.75 Å². The van der Waals surface area contributed by atoms with Gasteiger partial charge in [0.2, 0.25) is 10.0 Å². The Morgan fingerprint density at radius 2 is 1.71 bits per heavy atom. The molecule has 1 aliphatic heterocycles. The predicted molar refractivity (Wildman–Crippen MR) is 112 cm³/mol. The molecule has 1 N–H and O–H groups in total. The van der Waals surface area contributed by atoms with Gasteiger partial charge in [-0.15, -0.1) is 0 Å². The second-order valence-corrected chi connectivity index (χ2v) is 9.24. The number of likely N-dealkylation sites (tertiary alicyclic amines) is 1. The molecule has 1 saturated heterocycles. The molecule has 1 aliphatic rings. The molecule has 6 heteroatoms. The Bertz CT molecular complexity index is 888.